The van der Waals surface area contributed by atoms with E-state index in [4.69, 9.17) is 4.74 Å². The van der Waals surface area contributed by atoms with Crippen LogP contribution in [0.1, 0.15) is 5.56 Å². The minimum atomic E-state index is -0.315. The van der Waals surface area contributed by atoms with Crippen molar-refractivity contribution < 1.29 is 9.13 Å². The molecule has 0 radical (unpaired) electrons. The Morgan fingerprint density at radius 1 is 1.30 bits per heavy atom. The number of nitrogens with one attached hydrogen (secondary N) is 1. The zero-order chi connectivity index (χ0) is 13.9. The van der Waals surface area contributed by atoms with Crippen LogP contribution < -0.4 is 10.1 Å². The number of fused-ring (bicyclic) bond motifs is 1. The fourth-order valence-corrected chi connectivity index (χ4v) is 2.69. The molecule has 4 nitrogen and oxygen atoms in total. The zero-order valence-electron chi connectivity index (χ0n) is 10.8. The van der Waals surface area contributed by atoms with E-state index in [0.717, 1.165) is 21.6 Å². The molecular weight excluding hydrogens is 277 g/mol. The number of aromatic nitrogens is 2. The van der Waals surface area contributed by atoms with Crippen molar-refractivity contribution in [2.24, 2.45) is 0 Å². The quantitative estimate of drug-likeness (QED) is 0.799. The van der Waals surface area contributed by atoms with Gasteiger partial charge in [0, 0.05) is 12.6 Å². The standard InChI is InChI=1S/C14H12FN3OS/c1-19-11-5-9(4-10(15)6-11)7-16-13-12-2-3-20-14(12)18-8-17-13/h2-6,8H,7H2,1H3,(H,16,17,18). The summed E-state index contributed by atoms with van der Waals surface area (Å²) in [4.78, 5) is 9.33. The molecular formula is C14H12FN3OS. The number of nitrogens with zero attached hydrogens (tertiary/aromatic N) is 2. The van der Waals surface area contributed by atoms with Gasteiger partial charge in [0.15, 0.2) is 0 Å². The number of halogens is 1. The molecule has 0 unspecified atom stereocenters. The van der Waals surface area contributed by atoms with E-state index in [0.29, 0.717) is 12.3 Å². The number of hydrogen-bond acceptors (Lipinski definition) is 5. The van der Waals surface area contributed by atoms with Crippen molar-refractivity contribution >= 4 is 27.4 Å². The van der Waals surface area contributed by atoms with Crippen LogP contribution in [-0.2, 0) is 6.54 Å². The van der Waals surface area contributed by atoms with Gasteiger partial charge in [0.2, 0.25) is 0 Å². The van der Waals surface area contributed by atoms with Gasteiger partial charge in [0.05, 0.1) is 12.5 Å². The lowest BCUT2D eigenvalue weighted by atomic mass is 10.2. The Hall–Kier alpha value is -2.21. The summed E-state index contributed by atoms with van der Waals surface area (Å²) in [6.07, 6.45) is 1.52. The van der Waals surface area contributed by atoms with Gasteiger partial charge in [-0.05, 0) is 29.1 Å². The van der Waals surface area contributed by atoms with Crippen LogP contribution in [0, 0.1) is 5.82 Å². The molecule has 0 atom stereocenters. The summed E-state index contributed by atoms with van der Waals surface area (Å²) in [6.45, 7) is 0.468. The molecule has 0 aliphatic heterocycles. The lowest BCUT2D eigenvalue weighted by molar-refractivity contribution is 0.410. The third-order valence-corrected chi connectivity index (χ3v) is 3.71. The molecule has 0 saturated carbocycles. The largest absolute Gasteiger partial charge is 0.497 e. The van der Waals surface area contributed by atoms with E-state index < -0.39 is 0 Å². The van der Waals surface area contributed by atoms with Crippen LogP contribution >= 0.6 is 11.3 Å². The third-order valence-electron chi connectivity index (χ3n) is 2.89. The number of thiophene rings is 1. The van der Waals surface area contributed by atoms with E-state index in [-0.39, 0.29) is 5.82 Å². The van der Waals surface area contributed by atoms with Crippen molar-refractivity contribution in [2.75, 3.05) is 12.4 Å². The molecule has 102 valence electrons. The minimum Gasteiger partial charge on any atom is -0.497 e. The Bertz CT molecular complexity index is 744. The van der Waals surface area contributed by atoms with E-state index in [9.17, 15) is 4.39 Å². The summed E-state index contributed by atoms with van der Waals surface area (Å²) in [6, 6.07) is 6.59. The monoisotopic (exact) mass is 289 g/mol. The molecule has 3 aromatic rings. The summed E-state index contributed by atoms with van der Waals surface area (Å²) in [5.74, 6) is 0.939. The average molecular weight is 289 g/mol. The van der Waals surface area contributed by atoms with Gasteiger partial charge in [-0.25, -0.2) is 14.4 Å². The van der Waals surface area contributed by atoms with Crippen LogP contribution in [-0.4, -0.2) is 17.1 Å². The molecule has 1 N–H and O–H groups in total. The number of hydrogen-bond donors (Lipinski definition) is 1. The van der Waals surface area contributed by atoms with Crippen LogP contribution in [0.2, 0.25) is 0 Å². The number of rotatable bonds is 4. The van der Waals surface area contributed by atoms with Crippen molar-refractivity contribution in [3.63, 3.8) is 0 Å². The Balaban J connectivity index is 1.82. The number of ether oxygens (including phenoxy) is 1. The highest BCUT2D eigenvalue weighted by Crippen LogP contribution is 2.24. The SMILES string of the molecule is COc1cc(F)cc(CNc2ncnc3sccc23)c1. The topological polar surface area (TPSA) is 47.0 Å². The molecule has 0 amide bonds. The fraction of sp³-hybridized carbons (Fsp3) is 0.143. The van der Waals surface area contributed by atoms with Crippen LogP contribution in [0.25, 0.3) is 10.2 Å². The van der Waals surface area contributed by atoms with Crippen molar-refractivity contribution in [3.05, 3.63) is 47.4 Å². The molecule has 0 aliphatic rings. The van der Waals surface area contributed by atoms with E-state index in [1.165, 1.54) is 25.6 Å². The second kappa shape index (κ2) is 5.42. The van der Waals surface area contributed by atoms with Gasteiger partial charge in [-0.15, -0.1) is 11.3 Å². The fourth-order valence-electron chi connectivity index (χ4n) is 1.96. The zero-order valence-corrected chi connectivity index (χ0v) is 11.6. The van der Waals surface area contributed by atoms with Gasteiger partial charge in [0.25, 0.3) is 0 Å². The van der Waals surface area contributed by atoms with E-state index in [2.05, 4.69) is 15.3 Å². The van der Waals surface area contributed by atoms with Crippen molar-refractivity contribution in [2.45, 2.75) is 6.54 Å². The number of benzene rings is 1. The van der Waals surface area contributed by atoms with Crippen LogP contribution in [0.4, 0.5) is 10.2 Å². The first-order chi connectivity index (χ1) is 9.76. The second-order valence-corrected chi connectivity index (χ2v) is 5.11. The summed E-state index contributed by atoms with van der Waals surface area (Å²) < 4.78 is 18.5. The summed E-state index contributed by atoms with van der Waals surface area (Å²) in [5, 5.41) is 6.14. The maximum Gasteiger partial charge on any atom is 0.138 e. The molecule has 1 aromatic carbocycles. The van der Waals surface area contributed by atoms with Gasteiger partial charge in [-0.1, -0.05) is 0 Å². The van der Waals surface area contributed by atoms with Crippen LogP contribution in [0.15, 0.2) is 36.0 Å². The molecule has 0 aliphatic carbocycles. The molecule has 0 spiro atoms. The number of methoxy groups -OCH3 is 1. The van der Waals surface area contributed by atoms with Gasteiger partial charge >= 0.3 is 0 Å². The smallest absolute Gasteiger partial charge is 0.138 e. The van der Waals surface area contributed by atoms with Gasteiger partial charge in [0.1, 0.15) is 28.5 Å². The van der Waals surface area contributed by atoms with Crippen molar-refractivity contribution in [3.8, 4) is 5.75 Å². The summed E-state index contributed by atoms with van der Waals surface area (Å²) in [5.41, 5.74) is 0.795. The first-order valence-electron chi connectivity index (χ1n) is 6.02. The predicted molar refractivity (Wildman–Crippen MR) is 77.7 cm³/mol. The Labute approximate surface area is 119 Å². The summed E-state index contributed by atoms with van der Waals surface area (Å²) >= 11 is 1.56. The van der Waals surface area contributed by atoms with Crippen LogP contribution in [0.3, 0.4) is 0 Å². The molecule has 0 bridgehead atoms. The van der Waals surface area contributed by atoms with Gasteiger partial charge in [-0.3, -0.25) is 0 Å². The highest BCUT2D eigenvalue weighted by molar-refractivity contribution is 7.16. The first kappa shape index (κ1) is 12.8. The molecule has 3 rings (SSSR count). The summed E-state index contributed by atoms with van der Waals surface area (Å²) in [7, 11) is 1.52. The average Bonchev–Trinajstić information content (AvgIpc) is 2.93. The second-order valence-electron chi connectivity index (χ2n) is 4.21. The highest BCUT2D eigenvalue weighted by Gasteiger charge is 2.05. The van der Waals surface area contributed by atoms with E-state index >= 15 is 0 Å². The lowest BCUT2D eigenvalue weighted by Gasteiger charge is -2.08. The first-order valence-corrected chi connectivity index (χ1v) is 6.90. The van der Waals surface area contributed by atoms with Gasteiger partial charge < -0.3 is 10.1 Å². The van der Waals surface area contributed by atoms with Crippen molar-refractivity contribution in [1.29, 1.82) is 0 Å². The van der Waals surface area contributed by atoms with E-state index in [1.54, 1.807) is 17.4 Å². The predicted octanol–water partition coefficient (Wildman–Crippen LogP) is 3.45. The molecule has 0 fully saturated rings. The minimum absolute atomic E-state index is 0.315. The van der Waals surface area contributed by atoms with E-state index in [1.807, 2.05) is 11.4 Å². The molecule has 0 saturated heterocycles. The van der Waals surface area contributed by atoms with Crippen LogP contribution in [0.5, 0.6) is 5.75 Å². The molecule has 6 heteroatoms. The molecule has 20 heavy (non-hydrogen) atoms. The highest BCUT2D eigenvalue weighted by atomic mass is 32.1. The molecule has 2 heterocycles. The normalized spacial score (nSPS) is 10.7. The van der Waals surface area contributed by atoms with Gasteiger partial charge in [-0.2, -0.15) is 0 Å². The molecule has 2 aromatic heterocycles. The Morgan fingerprint density at radius 3 is 3.05 bits per heavy atom. The lowest BCUT2D eigenvalue weighted by Crippen LogP contribution is -2.02. The number of anilines is 1. The third kappa shape index (κ3) is 2.55. The van der Waals surface area contributed by atoms with Crippen molar-refractivity contribution in [1.82, 2.24) is 9.97 Å². The maximum atomic E-state index is 13.4. The Morgan fingerprint density at radius 2 is 2.20 bits per heavy atom. The maximum absolute atomic E-state index is 13.4. The Kier molecular flexibility index (Phi) is 3.47.